The van der Waals surface area contributed by atoms with Crippen molar-refractivity contribution in [1.82, 2.24) is 4.98 Å². The highest BCUT2D eigenvalue weighted by Crippen LogP contribution is 2.41. The van der Waals surface area contributed by atoms with Crippen LogP contribution >= 0.6 is 0 Å². The molecule has 5 rings (SSSR count). The van der Waals surface area contributed by atoms with Gasteiger partial charge in [-0.2, -0.15) is 0 Å². The number of rotatable bonds is 9. The van der Waals surface area contributed by atoms with Gasteiger partial charge >= 0.3 is 5.97 Å². The minimum absolute atomic E-state index is 0.280. The van der Waals surface area contributed by atoms with Crippen molar-refractivity contribution in [2.45, 2.75) is 0 Å². The maximum atomic E-state index is 13.3. The second kappa shape index (κ2) is 12.6. The summed E-state index contributed by atoms with van der Waals surface area (Å²) in [6.07, 6.45) is 0. The van der Waals surface area contributed by atoms with E-state index in [0.717, 1.165) is 18.8 Å². The summed E-state index contributed by atoms with van der Waals surface area (Å²) in [5.74, 6) is 0.267. The SMILES string of the molecule is COc1cc(-c2cc(C(=O)OCC(=O)Nc3ccc(N4CCOCC4)cc3)c3ccccc3n2)cc(OC)c1OC. The van der Waals surface area contributed by atoms with Gasteiger partial charge in [0.25, 0.3) is 5.91 Å². The van der Waals surface area contributed by atoms with E-state index in [-0.39, 0.29) is 5.56 Å². The first-order valence-electron chi connectivity index (χ1n) is 13.1. The van der Waals surface area contributed by atoms with Crippen LogP contribution in [0, 0.1) is 0 Å². The highest BCUT2D eigenvalue weighted by molar-refractivity contribution is 6.05. The van der Waals surface area contributed by atoms with Crippen molar-refractivity contribution in [2.75, 3.05) is 64.5 Å². The highest BCUT2D eigenvalue weighted by Gasteiger charge is 2.20. The Morgan fingerprint density at radius 3 is 2.24 bits per heavy atom. The van der Waals surface area contributed by atoms with Crippen LogP contribution in [0.25, 0.3) is 22.2 Å². The van der Waals surface area contributed by atoms with Crippen molar-refractivity contribution in [3.05, 3.63) is 72.3 Å². The van der Waals surface area contributed by atoms with Crippen molar-refractivity contribution in [3.8, 4) is 28.5 Å². The summed E-state index contributed by atoms with van der Waals surface area (Å²) >= 11 is 0. The average Bonchev–Trinajstić information content (AvgIpc) is 3.03. The van der Waals surface area contributed by atoms with Crippen molar-refractivity contribution in [3.63, 3.8) is 0 Å². The molecule has 0 bridgehead atoms. The van der Waals surface area contributed by atoms with E-state index >= 15 is 0 Å². The first-order chi connectivity index (χ1) is 20.0. The van der Waals surface area contributed by atoms with E-state index in [2.05, 4.69) is 10.2 Å². The lowest BCUT2D eigenvalue weighted by molar-refractivity contribution is -0.119. The van der Waals surface area contributed by atoms with Crippen LogP contribution < -0.4 is 24.4 Å². The lowest BCUT2D eigenvalue weighted by Gasteiger charge is -2.28. The molecule has 0 spiro atoms. The second-order valence-corrected chi connectivity index (χ2v) is 9.26. The number of ether oxygens (including phenoxy) is 5. The van der Waals surface area contributed by atoms with E-state index in [4.69, 9.17) is 28.7 Å². The number of carbonyl (C=O) groups excluding carboxylic acids is 2. The molecule has 0 radical (unpaired) electrons. The molecule has 1 aliphatic heterocycles. The molecule has 41 heavy (non-hydrogen) atoms. The van der Waals surface area contributed by atoms with Gasteiger partial charge in [-0.3, -0.25) is 4.79 Å². The van der Waals surface area contributed by atoms with Crippen LogP contribution in [0.15, 0.2) is 66.7 Å². The molecule has 1 amide bonds. The molecular formula is C31H31N3O7. The molecule has 2 heterocycles. The van der Waals surface area contributed by atoms with Gasteiger partial charge in [-0.25, -0.2) is 9.78 Å². The second-order valence-electron chi connectivity index (χ2n) is 9.26. The van der Waals surface area contributed by atoms with Crippen LogP contribution in [0.5, 0.6) is 17.2 Å². The Balaban J connectivity index is 1.33. The van der Waals surface area contributed by atoms with E-state index < -0.39 is 18.5 Å². The van der Waals surface area contributed by atoms with Gasteiger partial charge in [0.1, 0.15) is 0 Å². The van der Waals surface area contributed by atoms with E-state index in [1.165, 1.54) is 21.3 Å². The number of esters is 1. The Labute approximate surface area is 237 Å². The van der Waals surface area contributed by atoms with Crippen LogP contribution in [0.2, 0.25) is 0 Å². The topological polar surface area (TPSA) is 108 Å². The molecule has 10 heteroatoms. The third kappa shape index (κ3) is 6.17. The first-order valence-corrected chi connectivity index (χ1v) is 13.1. The fourth-order valence-electron chi connectivity index (χ4n) is 4.70. The standard InChI is InChI=1S/C31H31N3O7/c1-37-27-16-20(17-28(38-2)30(27)39-3)26-18-24(23-6-4-5-7-25(23)33-26)31(36)41-19-29(35)32-21-8-10-22(11-9-21)34-12-14-40-15-13-34/h4-11,16-18H,12-15,19H2,1-3H3,(H,32,35). The number of amides is 1. The number of nitrogens with zero attached hydrogens (tertiary/aromatic N) is 2. The number of benzene rings is 3. The molecular weight excluding hydrogens is 526 g/mol. The predicted molar refractivity (Wildman–Crippen MR) is 155 cm³/mol. The van der Waals surface area contributed by atoms with E-state index in [0.29, 0.717) is 58.3 Å². The molecule has 0 aliphatic carbocycles. The van der Waals surface area contributed by atoms with E-state index in [1.54, 1.807) is 30.3 Å². The molecule has 10 nitrogen and oxygen atoms in total. The van der Waals surface area contributed by atoms with Gasteiger partial charge in [0, 0.05) is 35.4 Å². The number of nitrogens with one attached hydrogen (secondary N) is 1. The highest BCUT2D eigenvalue weighted by atomic mass is 16.5. The van der Waals surface area contributed by atoms with Gasteiger partial charge in [0.2, 0.25) is 5.75 Å². The Morgan fingerprint density at radius 1 is 0.902 bits per heavy atom. The molecule has 1 saturated heterocycles. The number of pyridine rings is 1. The zero-order valence-electron chi connectivity index (χ0n) is 23.1. The number of morpholine rings is 1. The number of fused-ring (bicyclic) bond motifs is 1. The fraction of sp³-hybridized carbons (Fsp3) is 0.258. The van der Waals surface area contributed by atoms with Crippen LogP contribution in [0.3, 0.4) is 0 Å². The maximum Gasteiger partial charge on any atom is 0.339 e. The summed E-state index contributed by atoms with van der Waals surface area (Å²) in [5.41, 5.74) is 3.70. The molecule has 1 N–H and O–H groups in total. The molecule has 1 fully saturated rings. The third-order valence-electron chi connectivity index (χ3n) is 6.76. The van der Waals surface area contributed by atoms with Gasteiger partial charge in [-0.1, -0.05) is 18.2 Å². The average molecular weight is 558 g/mol. The van der Waals surface area contributed by atoms with Crippen molar-refractivity contribution in [2.24, 2.45) is 0 Å². The number of aromatic nitrogens is 1. The molecule has 1 aromatic heterocycles. The van der Waals surface area contributed by atoms with Gasteiger partial charge in [-0.05, 0) is 48.5 Å². The van der Waals surface area contributed by atoms with Gasteiger partial charge in [0.15, 0.2) is 18.1 Å². The Kier molecular flexibility index (Phi) is 8.50. The molecule has 212 valence electrons. The number of methoxy groups -OCH3 is 3. The van der Waals surface area contributed by atoms with Gasteiger partial charge < -0.3 is 33.9 Å². The smallest absolute Gasteiger partial charge is 0.339 e. The normalized spacial score (nSPS) is 13.0. The maximum absolute atomic E-state index is 13.3. The van der Waals surface area contributed by atoms with Crippen LogP contribution in [-0.4, -0.2) is 71.1 Å². The van der Waals surface area contributed by atoms with Crippen LogP contribution in [0.4, 0.5) is 11.4 Å². The minimum Gasteiger partial charge on any atom is -0.493 e. The number of para-hydroxylation sites is 1. The molecule has 3 aromatic carbocycles. The van der Waals surface area contributed by atoms with Crippen molar-refractivity contribution in [1.29, 1.82) is 0 Å². The predicted octanol–water partition coefficient (Wildman–Crippen LogP) is 4.56. The van der Waals surface area contributed by atoms with Crippen LogP contribution in [0.1, 0.15) is 10.4 Å². The molecule has 1 aliphatic rings. The molecule has 0 unspecified atom stereocenters. The summed E-state index contributed by atoms with van der Waals surface area (Å²) in [6.45, 7) is 2.60. The Morgan fingerprint density at radius 2 is 1.59 bits per heavy atom. The lowest BCUT2D eigenvalue weighted by Crippen LogP contribution is -2.36. The summed E-state index contributed by atoms with van der Waals surface area (Å²) < 4.78 is 27.2. The lowest BCUT2D eigenvalue weighted by atomic mass is 10.0. The van der Waals surface area contributed by atoms with Gasteiger partial charge in [0.05, 0.1) is 51.3 Å². The zero-order valence-corrected chi connectivity index (χ0v) is 23.1. The Bertz CT molecular complexity index is 1520. The number of anilines is 2. The van der Waals surface area contributed by atoms with Crippen molar-refractivity contribution < 1.29 is 33.3 Å². The largest absolute Gasteiger partial charge is 0.493 e. The summed E-state index contributed by atoms with van der Waals surface area (Å²) in [5, 5.41) is 3.38. The van der Waals surface area contributed by atoms with E-state index in [1.807, 2.05) is 36.4 Å². The van der Waals surface area contributed by atoms with Gasteiger partial charge in [-0.15, -0.1) is 0 Å². The molecule has 0 atom stereocenters. The fourth-order valence-corrected chi connectivity index (χ4v) is 4.70. The summed E-state index contributed by atoms with van der Waals surface area (Å²) in [4.78, 5) is 32.8. The monoisotopic (exact) mass is 557 g/mol. The summed E-state index contributed by atoms with van der Waals surface area (Å²) in [6, 6.07) is 19.9. The number of carbonyl (C=O) groups is 2. The molecule has 0 saturated carbocycles. The summed E-state index contributed by atoms with van der Waals surface area (Å²) in [7, 11) is 4.58. The number of hydrogen-bond acceptors (Lipinski definition) is 9. The quantitative estimate of drug-likeness (QED) is 0.296. The van der Waals surface area contributed by atoms with Crippen molar-refractivity contribution >= 4 is 34.2 Å². The zero-order chi connectivity index (χ0) is 28.8. The Hall–Kier alpha value is -4.83. The first kappa shape index (κ1) is 27.7. The third-order valence-corrected chi connectivity index (χ3v) is 6.76. The number of hydrogen-bond donors (Lipinski definition) is 1. The molecule has 4 aromatic rings. The van der Waals surface area contributed by atoms with E-state index in [9.17, 15) is 9.59 Å². The minimum atomic E-state index is -0.643. The van der Waals surface area contributed by atoms with Crippen LogP contribution in [-0.2, 0) is 14.3 Å².